The number of anilines is 1. The second-order valence-corrected chi connectivity index (χ2v) is 4.88. The van der Waals surface area contributed by atoms with Crippen molar-refractivity contribution in [1.82, 2.24) is 0 Å². The molecule has 2 aromatic rings. The first-order valence-corrected chi connectivity index (χ1v) is 6.06. The molecule has 0 amide bonds. The summed E-state index contributed by atoms with van der Waals surface area (Å²) in [7, 11) is 4.04. The van der Waals surface area contributed by atoms with E-state index in [9.17, 15) is 0 Å². The normalized spacial score (nSPS) is 10.4. The molecule has 0 fully saturated rings. The van der Waals surface area contributed by atoms with E-state index < -0.39 is 0 Å². The number of halogens is 2. The first kappa shape index (κ1) is 12.3. The molecule has 0 aliphatic heterocycles. The second-order valence-electron chi connectivity index (χ2n) is 4.07. The molecule has 0 unspecified atom stereocenters. The number of nitrogens with zero attached hydrogens (tertiary/aromatic N) is 1. The van der Waals surface area contributed by atoms with Gasteiger partial charge < -0.3 is 4.90 Å². The molecule has 0 aromatic heterocycles. The van der Waals surface area contributed by atoms with Gasteiger partial charge in [-0.1, -0.05) is 41.4 Å². The van der Waals surface area contributed by atoms with Gasteiger partial charge in [-0.15, -0.1) is 0 Å². The average Bonchev–Trinajstić information content (AvgIpc) is 2.33. The molecule has 17 heavy (non-hydrogen) atoms. The van der Waals surface area contributed by atoms with E-state index in [0.717, 1.165) is 11.1 Å². The SMILES string of the molecule is CN(C)c1ccc(-c2ccc(Cl)c(Cl)c2)cc1. The molecule has 1 nitrogen and oxygen atoms in total. The summed E-state index contributed by atoms with van der Waals surface area (Å²) in [5, 5.41) is 1.17. The highest BCUT2D eigenvalue weighted by Crippen LogP contribution is 2.29. The zero-order valence-corrected chi connectivity index (χ0v) is 11.3. The van der Waals surface area contributed by atoms with Crippen LogP contribution in [0.4, 0.5) is 5.69 Å². The fourth-order valence-corrected chi connectivity index (χ4v) is 1.93. The van der Waals surface area contributed by atoms with Crippen LogP contribution in [0.15, 0.2) is 42.5 Å². The summed E-state index contributed by atoms with van der Waals surface area (Å²) in [5.74, 6) is 0. The Morgan fingerprint density at radius 2 is 1.35 bits per heavy atom. The van der Waals surface area contributed by atoms with Gasteiger partial charge in [0, 0.05) is 19.8 Å². The van der Waals surface area contributed by atoms with Crippen molar-refractivity contribution in [3.05, 3.63) is 52.5 Å². The fraction of sp³-hybridized carbons (Fsp3) is 0.143. The van der Waals surface area contributed by atoms with Gasteiger partial charge in [-0.25, -0.2) is 0 Å². The molecule has 0 aliphatic rings. The minimum Gasteiger partial charge on any atom is -0.378 e. The molecule has 0 bridgehead atoms. The van der Waals surface area contributed by atoms with Crippen LogP contribution in [0, 0.1) is 0 Å². The molecule has 0 spiro atoms. The van der Waals surface area contributed by atoms with Crippen molar-refractivity contribution in [2.24, 2.45) is 0 Å². The van der Waals surface area contributed by atoms with E-state index in [-0.39, 0.29) is 0 Å². The van der Waals surface area contributed by atoms with Crippen LogP contribution in [0.5, 0.6) is 0 Å². The monoisotopic (exact) mass is 265 g/mol. The van der Waals surface area contributed by atoms with Gasteiger partial charge in [0.2, 0.25) is 0 Å². The van der Waals surface area contributed by atoms with E-state index in [1.165, 1.54) is 5.69 Å². The third kappa shape index (κ3) is 2.74. The first-order chi connectivity index (χ1) is 8.08. The summed E-state index contributed by atoms with van der Waals surface area (Å²) < 4.78 is 0. The number of rotatable bonds is 2. The zero-order chi connectivity index (χ0) is 12.4. The molecule has 3 heteroatoms. The third-order valence-corrected chi connectivity index (χ3v) is 3.38. The number of hydrogen-bond donors (Lipinski definition) is 0. The molecule has 0 N–H and O–H groups in total. The summed E-state index contributed by atoms with van der Waals surface area (Å²) >= 11 is 11.9. The van der Waals surface area contributed by atoms with Gasteiger partial charge in [0.25, 0.3) is 0 Å². The minimum absolute atomic E-state index is 0.584. The molecular formula is C14H13Cl2N. The van der Waals surface area contributed by atoms with Crippen molar-refractivity contribution in [2.75, 3.05) is 19.0 Å². The number of benzene rings is 2. The lowest BCUT2D eigenvalue weighted by molar-refractivity contribution is 1.13. The van der Waals surface area contributed by atoms with Gasteiger partial charge in [0.1, 0.15) is 0 Å². The Kier molecular flexibility index (Phi) is 3.60. The lowest BCUT2D eigenvalue weighted by Crippen LogP contribution is -2.07. The number of hydrogen-bond acceptors (Lipinski definition) is 1. The molecule has 0 atom stereocenters. The van der Waals surface area contributed by atoms with Crippen molar-refractivity contribution in [1.29, 1.82) is 0 Å². The Bertz CT molecular complexity index is 518. The maximum atomic E-state index is 6.01. The summed E-state index contributed by atoms with van der Waals surface area (Å²) in [4.78, 5) is 2.07. The van der Waals surface area contributed by atoms with Gasteiger partial charge in [-0.2, -0.15) is 0 Å². The molecule has 0 saturated heterocycles. The highest BCUT2D eigenvalue weighted by Gasteiger charge is 2.02. The van der Waals surface area contributed by atoms with Crippen molar-refractivity contribution in [3.8, 4) is 11.1 Å². The van der Waals surface area contributed by atoms with Gasteiger partial charge in [0.15, 0.2) is 0 Å². The van der Waals surface area contributed by atoms with Gasteiger partial charge in [-0.3, -0.25) is 0 Å². The maximum absolute atomic E-state index is 6.01. The fourth-order valence-electron chi connectivity index (χ4n) is 1.63. The van der Waals surface area contributed by atoms with Crippen LogP contribution in [0.25, 0.3) is 11.1 Å². The molecule has 88 valence electrons. The largest absolute Gasteiger partial charge is 0.378 e. The van der Waals surface area contributed by atoms with Crippen LogP contribution in [-0.2, 0) is 0 Å². The molecule has 0 aliphatic carbocycles. The van der Waals surface area contributed by atoms with Crippen molar-refractivity contribution in [2.45, 2.75) is 0 Å². The maximum Gasteiger partial charge on any atom is 0.0598 e. The van der Waals surface area contributed by atoms with E-state index in [1.807, 2.05) is 32.3 Å². The van der Waals surface area contributed by atoms with Crippen molar-refractivity contribution in [3.63, 3.8) is 0 Å². The summed E-state index contributed by atoms with van der Waals surface area (Å²) in [5.41, 5.74) is 3.38. The Morgan fingerprint density at radius 3 is 1.88 bits per heavy atom. The second kappa shape index (κ2) is 4.99. The van der Waals surface area contributed by atoms with E-state index in [1.54, 1.807) is 0 Å². The van der Waals surface area contributed by atoms with Gasteiger partial charge in [0.05, 0.1) is 10.0 Å². The minimum atomic E-state index is 0.584. The molecular weight excluding hydrogens is 253 g/mol. The van der Waals surface area contributed by atoms with Crippen molar-refractivity contribution < 1.29 is 0 Å². The summed E-state index contributed by atoms with van der Waals surface area (Å²) in [6.45, 7) is 0. The standard InChI is InChI=1S/C14H13Cl2N/c1-17(2)12-6-3-10(4-7-12)11-5-8-13(15)14(16)9-11/h3-9H,1-2H3. The third-order valence-electron chi connectivity index (χ3n) is 2.64. The predicted molar refractivity (Wildman–Crippen MR) is 76.2 cm³/mol. The van der Waals surface area contributed by atoms with Crippen LogP contribution >= 0.6 is 23.2 Å². The Morgan fingerprint density at radius 1 is 0.765 bits per heavy atom. The lowest BCUT2D eigenvalue weighted by atomic mass is 10.1. The quantitative estimate of drug-likeness (QED) is 0.759. The van der Waals surface area contributed by atoms with E-state index in [0.29, 0.717) is 10.0 Å². The highest BCUT2D eigenvalue weighted by molar-refractivity contribution is 6.42. The van der Waals surface area contributed by atoms with Crippen LogP contribution in [0.2, 0.25) is 10.0 Å². The van der Waals surface area contributed by atoms with Gasteiger partial charge in [-0.05, 0) is 35.4 Å². The average molecular weight is 266 g/mol. The molecule has 2 rings (SSSR count). The smallest absolute Gasteiger partial charge is 0.0598 e. The van der Waals surface area contributed by atoms with Gasteiger partial charge >= 0.3 is 0 Å². The predicted octanol–water partition coefficient (Wildman–Crippen LogP) is 4.73. The summed E-state index contributed by atoms with van der Waals surface area (Å²) in [6, 6.07) is 14.0. The van der Waals surface area contributed by atoms with Crippen LogP contribution in [-0.4, -0.2) is 14.1 Å². The Labute approximate surface area is 112 Å². The molecule has 0 saturated carbocycles. The van der Waals surface area contributed by atoms with E-state index in [2.05, 4.69) is 29.2 Å². The van der Waals surface area contributed by atoms with Crippen molar-refractivity contribution >= 4 is 28.9 Å². The Balaban J connectivity index is 2.36. The van der Waals surface area contributed by atoms with E-state index in [4.69, 9.17) is 23.2 Å². The molecule has 2 aromatic carbocycles. The molecule has 0 radical (unpaired) electrons. The lowest BCUT2D eigenvalue weighted by Gasteiger charge is -2.12. The first-order valence-electron chi connectivity index (χ1n) is 5.31. The van der Waals surface area contributed by atoms with Crippen LogP contribution in [0.3, 0.4) is 0 Å². The topological polar surface area (TPSA) is 3.24 Å². The summed E-state index contributed by atoms with van der Waals surface area (Å²) in [6.07, 6.45) is 0. The van der Waals surface area contributed by atoms with E-state index >= 15 is 0 Å². The Hall–Kier alpha value is -1.18. The molecule has 0 heterocycles. The van der Waals surface area contributed by atoms with Crippen LogP contribution in [0.1, 0.15) is 0 Å². The highest BCUT2D eigenvalue weighted by atomic mass is 35.5. The zero-order valence-electron chi connectivity index (χ0n) is 9.74. The van der Waals surface area contributed by atoms with Crippen LogP contribution < -0.4 is 4.90 Å².